The number of pyridine rings is 1. The van der Waals surface area contributed by atoms with Crippen LogP contribution in [0.25, 0.3) is 0 Å². The Morgan fingerprint density at radius 2 is 2.36 bits per heavy atom. The zero-order chi connectivity index (χ0) is 9.97. The molecule has 0 saturated carbocycles. The van der Waals surface area contributed by atoms with Crippen molar-refractivity contribution in [1.29, 1.82) is 0 Å². The molecule has 1 saturated heterocycles. The Morgan fingerprint density at radius 3 is 2.79 bits per heavy atom. The van der Waals surface area contributed by atoms with Crippen LogP contribution in [0.1, 0.15) is 0 Å². The number of hydrogen-bond donors (Lipinski definition) is 1. The Bertz CT molecular complexity index is 334. The van der Waals surface area contributed by atoms with Crippen LogP contribution in [-0.4, -0.2) is 29.2 Å². The Kier molecular flexibility index (Phi) is 2.28. The molecule has 0 atom stereocenters. The lowest BCUT2D eigenvalue weighted by Gasteiger charge is -2.27. The molecule has 1 aliphatic heterocycles. The number of hydrogen-bond acceptors (Lipinski definition) is 5. The molecule has 0 aromatic carbocycles. The average molecular weight is 195 g/mol. The molecular formula is C8H9N3O3. The van der Waals surface area contributed by atoms with Crippen molar-refractivity contribution in [2.45, 2.75) is 6.04 Å². The highest BCUT2D eigenvalue weighted by atomic mass is 16.6. The summed E-state index contributed by atoms with van der Waals surface area (Å²) in [6.07, 6.45) is 1.24. The van der Waals surface area contributed by atoms with E-state index in [-0.39, 0.29) is 11.7 Å². The van der Waals surface area contributed by atoms with Crippen molar-refractivity contribution in [3.05, 3.63) is 28.4 Å². The summed E-state index contributed by atoms with van der Waals surface area (Å²) < 4.78 is 4.97. The fraction of sp³-hybridized carbons (Fsp3) is 0.375. The van der Waals surface area contributed by atoms with E-state index in [9.17, 15) is 10.1 Å². The standard InChI is InChI=1S/C8H9N3O3/c12-11(13)7-1-2-8(9-3-7)10-6-4-14-5-6/h1-3,6H,4-5H2,(H,9,10). The van der Waals surface area contributed by atoms with Gasteiger partial charge in [-0.15, -0.1) is 0 Å². The van der Waals surface area contributed by atoms with Crippen LogP contribution in [0.5, 0.6) is 0 Å². The van der Waals surface area contributed by atoms with Gasteiger partial charge in [0, 0.05) is 6.07 Å². The molecule has 6 nitrogen and oxygen atoms in total. The molecule has 14 heavy (non-hydrogen) atoms. The van der Waals surface area contributed by atoms with Gasteiger partial charge in [-0.05, 0) is 6.07 Å². The molecule has 0 radical (unpaired) electrons. The fourth-order valence-corrected chi connectivity index (χ4v) is 1.11. The van der Waals surface area contributed by atoms with Gasteiger partial charge in [0.2, 0.25) is 0 Å². The number of rotatable bonds is 3. The SMILES string of the molecule is O=[N+]([O-])c1ccc(NC2COC2)nc1. The Balaban J connectivity index is 2.01. The lowest BCUT2D eigenvalue weighted by molar-refractivity contribution is -0.385. The van der Waals surface area contributed by atoms with Crippen LogP contribution in [0.4, 0.5) is 11.5 Å². The van der Waals surface area contributed by atoms with Crippen LogP contribution in [-0.2, 0) is 4.74 Å². The average Bonchev–Trinajstić information content (AvgIpc) is 2.12. The van der Waals surface area contributed by atoms with Gasteiger partial charge >= 0.3 is 0 Å². The van der Waals surface area contributed by atoms with Crippen molar-refractivity contribution >= 4 is 11.5 Å². The first kappa shape index (κ1) is 8.89. The Morgan fingerprint density at radius 1 is 1.57 bits per heavy atom. The van der Waals surface area contributed by atoms with Gasteiger partial charge in [0.1, 0.15) is 12.0 Å². The predicted octanol–water partition coefficient (Wildman–Crippen LogP) is 0.800. The molecule has 1 aromatic heterocycles. The Hall–Kier alpha value is -1.69. The van der Waals surface area contributed by atoms with Gasteiger partial charge in [-0.25, -0.2) is 4.98 Å². The summed E-state index contributed by atoms with van der Waals surface area (Å²) in [5.41, 5.74) is 0.000379. The molecule has 0 bridgehead atoms. The van der Waals surface area contributed by atoms with E-state index >= 15 is 0 Å². The van der Waals surface area contributed by atoms with E-state index in [1.54, 1.807) is 6.07 Å². The first-order valence-electron chi connectivity index (χ1n) is 4.20. The number of nitrogens with zero attached hydrogens (tertiary/aromatic N) is 2. The van der Waals surface area contributed by atoms with Crippen LogP contribution in [0, 0.1) is 10.1 Å². The second-order valence-corrected chi connectivity index (χ2v) is 3.04. The molecule has 2 rings (SSSR count). The number of nitro groups is 1. The van der Waals surface area contributed by atoms with E-state index < -0.39 is 4.92 Å². The number of anilines is 1. The molecule has 1 N–H and O–H groups in total. The highest BCUT2D eigenvalue weighted by molar-refractivity contribution is 5.41. The third-order valence-electron chi connectivity index (χ3n) is 1.95. The summed E-state index contributed by atoms with van der Waals surface area (Å²) in [6.45, 7) is 1.33. The lowest BCUT2D eigenvalue weighted by Crippen LogP contribution is -2.40. The second-order valence-electron chi connectivity index (χ2n) is 3.04. The van der Waals surface area contributed by atoms with Crippen LogP contribution >= 0.6 is 0 Å². The minimum atomic E-state index is -0.469. The van der Waals surface area contributed by atoms with Crippen molar-refractivity contribution in [3.8, 4) is 0 Å². The molecule has 0 amide bonds. The molecule has 74 valence electrons. The largest absolute Gasteiger partial charge is 0.377 e. The van der Waals surface area contributed by atoms with Crippen LogP contribution in [0.15, 0.2) is 18.3 Å². The van der Waals surface area contributed by atoms with Gasteiger partial charge in [0.25, 0.3) is 5.69 Å². The molecular weight excluding hydrogens is 186 g/mol. The summed E-state index contributed by atoms with van der Waals surface area (Å²) in [4.78, 5) is 13.8. The normalized spacial score (nSPS) is 16.0. The second kappa shape index (κ2) is 3.59. The summed E-state index contributed by atoms with van der Waals surface area (Å²) in [6, 6.07) is 3.30. The van der Waals surface area contributed by atoms with Crippen molar-refractivity contribution in [2.24, 2.45) is 0 Å². The van der Waals surface area contributed by atoms with Crippen molar-refractivity contribution in [3.63, 3.8) is 0 Å². The van der Waals surface area contributed by atoms with Gasteiger partial charge in [-0.3, -0.25) is 10.1 Å². The van der Waals surface area contributed by atoms with Crippen molar-refractivity contribution in [1.82, 2.24) is 4.98 Å². The van der Waals surface area contributed by atoms with Gasteiger partial charge < -0.3 is 10.1 Å². The molecule has 0 spiro atoms. The topological polar surface area (TPSA) is 77.3 Å². The van der Waals surface area contributed by atoms with E-state index in [0.29, 0.717) is 19.0 Å². The number of ether oxygens (including phenoxy) is 1. The Labute approximate surface area is 80.1 Å². The monoisotopic (exact) mass is 195 g/mol. The van der Waals surface area contributed by atoms with Gasteiger partial charge in [0.15, 0.2) is 0 Å². The third-order valence-corrected chi connectivity index (χ3v) is 1.95. The van der Waals surface area contributed by atoms with Crippen molar-refractivity contribution < 1.29 is 9.66 Å². The highest BCUT2D eigenvalue weighted by Crippen LogP contribution is 2.14. The number of aromatic nitrogens is 1. The molecule has 6 heteroatoms. The lowest BCUT2D eigenvalue weighted by atomic mass is 10.2. The van der Waals surface area contributed by atoms with E-state index in [1.165, 1.54) is 12.3 Å². The van der Waals surface area contributed by atoms with Crippen LogP contribution < -0.4 is 5.32 Å². The zero-order valence-corrected chi connectivity index (χ0v) is 7.34. The molecule has 2 heterocycles. The quantitative estimate of drug-likeness (QED) is 0.570. The molecule has 1 aliphatic rings. The summed E-state index contributed by atoms with van der Waals surface area (Å²) in [7, 11) is 0. The first-order valence-corrected chi connectivity index (χ1v) is 4.20. The van der Waals surface area contributed by atoms with Crippen LogP contribution in [0.3, 0.4) is 0 Å². The third kappa shape index (κ3) is 1.80. The van der Waals surface area contributed by atoms with Gasteiger partial charge in [-0.1, -0.05) is 0 Å². The summed E-state index contributed by atoms with van der Waals surface area (Å²) in [5.74, 6) is 0.643. The summed E-state index contributed by atoms with van der Waals surface area (Å²) in [5, 5.41) is 13.4. The summed E-state index contributed by atoms with van der Waals surface area (Å²) >= 11 is 0. The maximum atomic E-state index is 10.3. The fourth-order valence-electron chi connectivity index (χ4n) is 1.11. The first-order chi connectivity index (χ1) is 6.75. The molecule has 0 unspecified atom stereocenters. The highest BCUT2D eigenvalue weighted by Gasteiger charge is 2.18. The van der Waals surface area contributed by atoms with E-state index in [2.05, 4.69) is 10.3 Å². The van der Waals surface area contributed by atoms with Crippen molar-refractivity contribution in [2.75, 3.05) is 18.5 Å². The minimum Gasteiger partial charge on any atom is -0.377 e. The molecule has 0 aliphatic carbocycles. The molecule has 1 fully saturated rings. The zero-order valence-electron chi connectivity index (χ0n) is 7.34. The molecule has 1 aromatic rings. The van der Waals surface area contributed by atoms with Gasteiger partial charge in [0.05, 0.1) is 24.2 Å². The van der Waals surface area contributed by atoms with E-state index in [0.717, 1.165) is 0 Å². The van der Waals surface area contributed by atoms with E-state index in [1.807, 2.05) is 0 Å². The van der Waals surface area contributed by atoms with Gasteiger partial charge in [-0.2, -0.15) is 0 Å². The van der Waals surface area contributed by atoms with Crippen LogP contribution in [0.2, 0.25) is 0 Å². The maximum Gasteiger partial charge on any atom is 0.287 e. The van der Waals surface area contributed by atoms with E-state index in [4.69, 9.17) is 4.74 Å². The number of nitrogens with one attached hydrogen (secondary N) is 1. The predicted molar refractivity (Wildman–Crippen MR) is 49.1 cm³/mol. The smallest absolute Gasteiger partial charge is 0.287 e. The maximum absolute atomic E-state index is 10.3. The minimum absolute atomic E-state index is 0.000379.